The van der Waals surface area contributed by atoms with Crippen LogP contribution in [-0.2, 0) is 28.6 Å². The predicted octanol–water partition coefficient (Wildman–Crippen LogP) is 20.7. The molecule has 0 aliphatic rings. The Bertz CT molecular complexity index is 1490. The van der Waals surface area contributed by atoms with Gasteiger partial charge in [0.05, 0.1) is 0 Å². The lowest BCUT2D eigenvalue weighted by molar-refractivity contribution is -0.167. The molecule has 0 aromatic heterocycles. The van der Waals surface area contributed by atoms with Crippen LogP contribution >= 0.6 is 0 Å². The molecule has 0 aliphatic heterocycles. The van der Waals surface area contributed by atoms with Gasteiger partial charge in [-0.15, -0.1) is 0 Å². The summed E-state index contributed by atoms with van der Waals surface area (Å²) in [5, 5.41) is 0. The van der Waals surface area contributed by atoms with Gasteiger partial charge in [-0.3, -0.25) is 14.4 Å². The smallest absolute Gasteiger partial charge is 0.306 e. The van der Waals surface area contributed by atoms with E-state index >= 15 is 0 Å². The van der Waals surface area contributed by atoms with Crippen LogP contribution in [0.3, 0.4) is 0 Å². The van der Waals surface area contributed by atoms with E-state index in [0.29, 0.717) is 19.3 Å². The van der Waals surface area contributed by atoms with Crippen molar-refractivity contribution in [3.63, 3.8) is 0 Å². The molecule has 0 amide bonds. The maximum absolute atomic E-state index is 12.9. The zero-order valence-corrected chi connectivity index (χ0v) is 47.6. The second-order valence-electron chi connectivity index (χ2n) is 19.8. The zero-order chi connectivity index (χ0) is 52.9. The summed E-state index contributed by atoms with van der Waals surface area (Å²) in [7, 11) is 0. The number of hydrogen-bond acceptors (Lipinski definition) is 6. The molecule has 0 heterocycles. The third-order valence-electron chi connectivity index (χ3n) is 12.7. The van der Waals surface area contributed by atoms with Gasteiger partial charge >= 0.3 is 17.9 Å². The summed E-state index contributed by atoms with van der Waals surface area (Å²) in [5.41, 5.74) is 0. The molecular weight excluding hydrogens is 901 g/mol. The molecule has 0 bridgehead atoms. The van der Waals surface area contributed by atoms with E-state index in [9.17, 15) is 14.4 Å². The van der Waals surface area contributed by atoms with Crippen molar-refractivity contribution in [3.05, 3.63) is 109 Å². The lowest BCUT2D eigenvalue weighted by atomic mass is 10.1. The third kappa shape index (κ3) is 58.8. The molecule has 0 aromatic carbocycles. The van der Waals surface area contributed by atoms with Crippen LogP contribution in [0.2, 0.25) is 0 Å². The third-order valence-corrected chi connectivity index (χ3v) is 12.7. The molecular formula is C67H112O6. The van der Waals surface area contributed by atoms with Crippen LogP contribution in [0.4, 0.5) is 0 Å². The van der Waals surface area contributed by atoms with E-state index in [2.05, 4.69) is 130 Å². The van der Waals surface area contributed by atoms with Crippen LogP contribution in [0.15, 0.2) is 109 Å². The van der Waals surface area contributed by atoms with Crippen molar-refractivity contribution >= 4 is 17.9 Å². The summed E-state index contributed by atoms with van der Waals surface area (Å²) in [6.45, 7) is 6.39. The molecule has 1 unspecified atom stereocenters. The fraction of sp³-hybridized carbons (Fsp3) is 0.687. The van der Waals surface area contributed by atoms with Gasteiger partial charge in [-0.2, -0.15) is 0 Å². The summed E-state index contributed by atoms with van der Waals surface area (Å²) < 4.78 is 16.9. The maximum atomic E-state index is 12.9. The van der Waals surface area contributed by atoms with Crippen molar-refractivity contribution in [2.75, 3.05) is 13.2 Å². The molecule has 0 spiro atoms. The van der Waals surface area contributed by atoms with Gasteiger partial charge in [-0.25, -0.2) is 0 Å². The topological polar surface area (TPSA) is 78.9 Å². The minimum Gasteiger partial charge on any atom is -0.462 e. The quantitative estimate of drug-likeness (QED) is 0.0261. The zero-order valence-electron chi connectivity index (χ0n) is 47.6. The SMILES string of the molecule is CC/C=C\C/C=C\C/C=C\C/C=C\C/C=C\CCCCCCCC(=O)OCC(COC(=O)CCCCCCC/C=C\C/C=C\C/C=C\CC)OC(=O)CCCCCCCCCCC/C=C\CCCCCCCC. The van der Waals surface area contributed by atoms with E-state index in [4.69, 9.17) is 14.2 Å². The minimum absolute atomic E-state index is 0.0951. The number of hydrogen-bond donors (Lipinski definition) is 0. The lowest BCUT2D eigenvalue weighted by Gasteiger charge is -2.18. The highest BCUT2D eigenvalue weighted by atomic mass is 16.6. The first-order chi connectivity index (χ1) is 36.0. The second-order valence-corrected chi connectivity index (χ2v) is 19.8. The van der Waals surface area contributed by atoms with E-state index < -0.39 is 6.10 Å². The Morgan fingerprint density at radius 1 is 0.288 bits per heavy atom. The summed E-state index contributed by atoms with van der Waals surface area (Å²) >= 11 is 0. The molecule has 0 aromatic rings. The lowest BCUT2D eigenvalue weighted by Crippen LogP contribution is -2.30. The van der Waals surface area contributed by atoms with Gasteiger partial charge in [0.2, 0.25) is 0 Å². The molecule has 6 heteroatoms. The molecule has 1 atom stereocenters. The maximum Gasteiger partial charge on any atom is 0.306 e. The number of carbonyl (C=O) groups is 3. The number of ether oxygens (including phenoxy) is 3. The average molecular weight is 1010 g/mol. The van der Waals surface area contributed by atoms with Crippen molar-refractivity contribution in [1.82, 2.24) is 0 Å². The fourth-order valence-electron chi connectivity index (χ4n) is 8.24. The number of rotatable bonds is 54. The van der Waals surface area contributed by atoms with E-state index in [0.717, 1.165) is 148 Å². The summed E-state index contributed by atoms with van der Waals surface area (Å²) in [6, 6.07) is 0. The number of unbranched alkanes of at least 4 members (excludes halogenated alkanes) is 25. The first-order valence-electron chi connectivity index (χ1n) is 30.4. The number of carbonyl (C=O) groups excluding carboxylic acids is 3. The normalized spacial score (nSPS) is 12.9. The second kappa shape index (κ2) is 60.6. The van der Waals surface area contributed by atoms with Gasteiger partial charge in [0.15, 0.2) is 6.10 Å². The van der Waals surface area contributed by atoms with Gasteiger partial charge in [0, 0.05) is 19.3 Å². The van der Waals surface area contributed by atoms with Gasteiger partial charge in [-0.1, -0.05) is 246 Å². The van der Waals surface area contributed by atoms with Crippen LogP contribution < -0.4 is 0 Å². The molecule has 0 fully saturated rings. The van der Waals surface area contributed by atoms with Gasteiger partial charge in [-0.05, 0) is 122 Å². The molecule has 6 nitrogen and oxygen atoms in total. The highest BCUT2D eigenvalue weighted by Gasteiger charge is 2.19. The van der Waals surface area contributed by atoms with Crippen LogP contribution in [0, 0.1) is 0 Å². The Hall–Kier alpha value is -3.93. The van der Waals surface area contributed by atoms with Crippen molar-refractivity contribution in [2.45, 2.75) is 284 Å². The van der Waals surface area contributed by atoms with Crippen LogP contribution in [0.5, 0.6) is 0 Å². The highest BCUT2D eigenvalue weighted by molar-refractivity contribution is 5.71. The molecule has 0 saturated heterocycles. The van der Waals surface area contributed by atoms with E-state index in [1.165, 1.54) is 89.9 Å². The Morgan fingerprint density at radius 2 is 0.534 bits per heavy atom. The molecule has 416 valence electrons. The van der Waals surface area contributed by atoms with Gasteiger partial charge in [0.25, 0.3) is 0 Å². The Balaban J connectivity index is 4.44. The van der Waals surface area contributed by atoms with Crippen LogP contribution in [-0.4, -0.2) is 37.2 Å². The van der Waals surface area contributed by atoms with Gasteiger partial charge < -0.3 is 14.2 Å². The molecule has 0 radical (unpaired) electrons. The first kappa shape index (κ1) is 69.1. The van der Waals surface area contributed by atoms with Gasteiger partial charge in [0.1, 0.15) is 13.2 Å². The number of allylic oxidation sites excluding steroid dienone is 18. The van der Waals surface area contributed by atoms with Crippen molar-refractivity contribution in [2.24, 2.45) is 0 Å². The first-order valence-corrected chi connectivity index (χ1v) is 30.4. The summed E-state index contributed by atoms with van der Waals surface area (Å²) in [5.74, 6) is -0.927. The summed E-state index contributed by atoms with van der Waals surface area (Å²) in [4.78, 5) is 38.3. The minimum atomic E-state index is -0.798. The van der Waals surface area contributed by atoms with E-state index in [-0.39, 0.29) is 31.1 Å². The molecule has 73 heavy (non-hydrogen) atoms. The van der Waals surface area contributed by atoms with E-state index in [1.807, 2.05) is 0 Å². The Morgan fingerprint density at radius 3 is 0.849 bits per heavy atom. The monoisotopic (exact) mass is 1010 g/mol. The van der Waals surface area contributed by atoms with Crippen molar-refractivity contribution in [3.8, 4) is 0 Å². The highest BCUT2D eigenvalue weighted by Crippen LogP contribution is 2.15. The Labute approximate surface area is 450 Å². The predicted molar refractivity (Wildman–Crippen MR) is 316 cm³/mol. The number of esters is 3. The fourth-order valence-corrected chi connectivity index (χ4v) is 8.24. The Kier molecular flexibility index (Phi) is 57.4. The van der Waals surface area contributed by atoms with E-state index in [1.54, 1.807) is 0 Å². The molecule has 0 N–H and O–H groups in total. The largest absolute Gasteiger partial charge is 0.462 e. The average Bonchev–Trinajstić information content (AvgIpc) is 3.39. The molecule has 0 aliphatic carbocycles. The standard InChI is InChI=1S/C67H112O6/c1-4-7-10-13-16-19-22-25-28-30-32-33-35-36-39-42-45-48-51-54-57-60-66(69)72-63-64(62-71-65(68)59-56-53-50-47-44-41-38-27-24-21-18-15-12-9-6-3)73-67(70)61-58-55-52-49-46-43-40-37-34-31-29-26-23-20-17-14-11-8-5-2/h7,9-10,12,16,18-19,21,25-29,32-33,36,38-39,64H,4-6,8,11,13-15,17,20,22-24,30-31,34-35,37,40-63H2,1-3H3/b10-7-,12-9-,19-16-,21-18-,28-25-,29-26-,33-32-,38-27-,39-36-. The van der Waals surface area contributed by atoms with Crippen molar-refractivity contribution in [1.29, 1.82) is 0 Å². The molecule has 0 rings (SSSR count). The summed E-state index contributed by atoms with van der Waals surface area (Å²) in [6.07, 6.45) is 82.2. The van der Waals surface area contributed by atoms with Crippen LogP contribution in [0.25, 0.3) is 0 Å². The molecule has 0 saturated carbocycles. The van der Waals surface area contributed by atoms with Crippen LogP contribution in [0.1, 0.15) is 278 Å². The van der Waals surface area contributed by atoms with Crippen molar-refractivity contribution < 1.29 is 28.6 Å².